The molecule has 0 amide bonds. The van der Waals surface area contributed by atoms with Crippen LogP contribution in [0.25, 0.3) is 0 Å². The van der Waals surface area contributed by atoms with Crippen molar-refractivity contribution in [3.63, 3.8) is 0 Å². The van der Waals surface area contributed by atoms with E-state index in [2.05, 4.69) is 0 Å². The summed E-state index contributed by atoms with van der Waals surface area (Å²) in [7, 11) is 3.74. The number of aliphatic carboxylic acids is 1. The van der Waals surface area contributed by atoms with Crippen molar-refractivity contribution >= 4 is 17.3 Å². The van der Waals surface area contributed by atoms with Gasteiger partial charge in [0, 0.05) is 0 Å². The van der Waals surface area contributed by atoms with Crippen molar-refractivity contribution < 1.29 is 15.0 Å². The van der Waals surface area contributed by atoms with E-state index in [0.717, 1.165) is 34.8 Å². The lowest BCUT2D eigenvalue weighted by atomic mass is 9.80. The van der Waals surface area contributed by atoms with Crippen LogP contribution in [0.1, 0.15) is 34.5 Å². The molecular weight excluding hydrogens is 300 g/mol. The van der Waals surface area contributed by atoms with Crippen LogP contribution in [0.4, 0.5) is 0 Å². The standard InChI is InChI=1S/C16H20N2O3S/c1-18(2)16(9-4-3-6-10(16)14(20)21)15-17-11-7-5-8-12(19)13(11)22-15/h3-4,6,9-10,12,19H,5,7-8H2,1-2H3,(H,20,21). The molecule has 6 heteroatoms. The Kier molecular flexibility index (Phi) is 3.92. The molecule has 0 radical (unpaired) electrons. The summed E-state index contributed by atoms with van der Waals surface area (Å²) < 4.78 is 0. The molecular formula is C16H20N2O3S. The highest BCUT2D eigenvalue weighted by Crippen LogP contribution is 2.44. The number of likely N-dealkylation sites (N-methyl/N-ethyl adjacent to an activating group) is 1. The SMILES string of the molecule is CN(C)C1(c2nc3c(s2)C(O)CCC3)C=CC=CC1C(=O)O. The fourth-order valence-corrected chi connectivity index (χ4v) is 4.71. The van der Waals surface area contributed by atoms with Crippen molar-refractivity contribution in [1.82, 2.24) is 9.88 Å². The molecule has 5 nitrogen and oxygen atoms in total. The van der Waals surface area contributed by atoms with E-state index in [-0.39, 0.29) is 0 Å². The number of carboxylic acids is 1. The van der Waals surface area contributed by atoms with Crippen LogP contribution < -0.4 is 0 Å². The maximum absolute atomic E-state index is 11.8. The average molecular weight is 320 g/mol. The van der Waals surface area contributed by atoms with Crippen molar-refractivity contribution in [3.8, 4) is 0 Å². The quantitative estimate of drug-likeness (QED) is 0.892. The Morgan fingerprint density at radius 3 is 2.86 bits per heavy atom. The summed E-state index contributed by atoms with van der Waals surface area (Å²) in [6.45, 7) is 0. The molecule has 1 aromatic heterocycles. The van der Waals surface area contributed by atoms with Crippen LogP contribution in [0.15, 0.2) is 24.3 Å². The van der Waals surface area contributed by atoms with Crippen molar-refractivity contribution in [2.24, 2.45) is 5.92 Å². The molecule has 3 atom stereocenters. The number of carbonyl (C=O) groups is 1. The number of hydrogen-bond acceptors (Lipinski definition) is 5. The number of aryl methyl sites for hydroxylation is 1. The van der Waals surface area contributed by atoms with Gasteiger partial charge in [0.15, 0.2) is 0 Å². The number of aromatic nitrogens is 1. The lowest BCUT2D eigenvalue weighted by molar-refractivity contribution is -0.143. The molecule has 1 heterocycles. The number of fused-ring (bicyclic) bond motifs is 1. The van der Waals surface area contributed by atoms with Crippen molar-refractivity contribution in [2.75, 3.05) is 14.1 Å². The van der Waals surface area contributed by atoms with Crippen molar-refractivity contribution in [2.45, 2.75) is 30.9 Å². The number of rotatable bonds is 3. The molecule has 118 valence electrons. The van der Waals surface area contributed by atoms with E-state index < -0.39 is 23.5 Å². The molecule has 0 saturated heterocycles. The summed E-state index contributed by atoms with van der Waals surface area (Å²) in [6.07, 6.45) is 9.30. The average Bonchev–Trinajstić information content (AvgIpc) is 2.92. The van der Waals surface area contributed by atoms with Gasteiger partial charge in [0.25, 0.3) is 0 Å². The second-order valence-electron chi connectivity index (χ2n) is 6.02. The third kappa shape index (κ3) is 2.22. The maximum Gasteiger partial charge on any atom is 0.313 e. The van der Waals surface area contributed by atoms with E-state index in [1.165, 1.54) is 11.3 Å². The van der Waals surface area contributed by atoms with Gasteiger partial charge in [-0.15, -0.1) is 11.3 Å². The molecule has 3 rings (SSSR count). The monoisotopic (exact) mass is 320 g/mol. The van der Waals surface area contributed by atoms with Crippen LogP contribution in [0.3, 0.4) is 0 Å². The van der Waals surface area contributed by atoms with Crippen LogP contribution >= 0.6 is 11.3 Å². The Bertz CT molecular complexity index is 650. The third-order valence-corrected chi connectivity index (χ3v) is 5.85. The number of aliphatic hydroxyl groups is 1. The zero-order valence-electron chi connectivity index (χ0n) is 12.7. The lowest BCUT2D eigenvalue weighted by Gasteiger charge is -2.40. The van der Waals surface area contributed by atoms with Gasteiger partial charge in [0.05, 0.1) is 16.7 Å². The Labute approximate surface area is 133 Å². The Balaban J connectivity index is 2.14. The molecule has 2 N–H and O–H groups in total. The van der Waals surface area contributed by atoms with E-state index in [1.54, 1.807) is 12.2 Å². The second kappa shape index (κ2) is 5.61. The first kappa shape index (κ1) is 15.4. The summed E-state index contributed by atoms with van der Waals surface area (Å²) in [5.74, 6) is -1.57. The van der Waals surface area contributed by atoms with Crippen LogP contribution in [0, 0.1) is 5.92 Å². The van der Waals surface area contributed by atoms with Gasteiger partial charge in [-0.05, 0) is 33.4 Å². The molecule has 0 saturated carbocycles. The first-order chi connectivity index (χ1) is 10.5. The van der Waals surface area contributed by atoms with E-state index in [4.69, 9.17) is 4.98 Å². The zero-order valence-corrected chi connectivity index (χ0v) is 13.5. The fraction of sp³-hybridized carbons (Fsp3) is 0.500. The normalized spacial score (nSPS) is 30.5. The summed E-state index contributed by atoms with van der Waals surface area (Å²) in [5.41, 5.74) is 0.120. The van der Waals surface area contributed by atoms with Gasteiger partial charge < -0.3 is 10.2 Å². The number of allylic oxidation sites excluding steroid dienone is 2. The first-order valence-corrected chi connectivity index (χ1v) is 8.23. The topological polar surface area (TPSA) is 73.7 Å². The molecule has 0 aliphatic heterocycles. The van der Waals surface area contributed by atoms with Gasteiger partial charge >= 0.3 is 5.97 Å². The molecule has 0 bridgehead atoms. The van der Waals surface area contributed by atoms with Gasteiger partial charge in [-0.2, -0.15) is 0 Å². The van der Waals surface area contributed by atoms with Crippen LogP contribution in [-0.2, 0) is 16.8 Å². The lowest BCUT2D eigenvalue weighted by Crippen LogP contribution is -2.49. The highest BCUT2D eigenvalue weighted by molar-refractivity contribution is 7.12. The van der Waals surface area contributed by atoms with Crippen LogP contribution in [0.2, 0.25) is 0 Å². The predicted octanol–water partition coefficient (Wildman–Crippen LogP) is 2.10. The number of thiazole rings is 1. The van der Waals surface area contributed by atoms with Crippen LogP contribution in [-0.4, -0.2) is 40.2 Å². The minimum atomic E-state index is -0.872. The summed E-state index contributed by atoms with van der Waals surface area (Å²) >= 11 is 1.45. The number of carboxylic acid groups (broad SMARTS) is 1. The Morgan fingerprint density at radius 2 is 2.23 bits per heavy atom. The highest BCUT2D eigenvalue weighted by Gasteiger charge is 2.47. The predicted molar refractivity (Wildman–Crippen MR) is 84.8 cm³/mol. The van der Waals surface area contributed by atoms with Gasteiger partial charge in [-0.25, -0.2) is 4.98 Å². The summed E-state index contributed by atoms with van der Waals surface area (Å²) in [6, 6.07) is 0. The molecule has 2 aliphatic carbocycles. The molecule has 0 spiro atoms. The third-order valence-electron chi connectivity index (χ3n) is 4.51. The largest absolute Gasteiger partial charge is 0.481 e. The number of nitrogens with zero attached hydrogens (tertiary/aromatic N) is 2. The first-order valence-electron chi connectivity index (χ1n) is 7.41. The summed E-state index contributed by atoms with van der Waals surface area (Å²) in [4.78, 5) is 19.3. The van der Waals surface area contributed by atoms with Crippen LogP contribution in [0.5, 0.6) is 0 Å². The van der Waals surface area contributed by atoms with Gasteiger partial charge in [-0.1, -0.05) is 24.3 Å². The van der Waals surface area contributed by atoms with Crippen molar-refractivity contribution in [1.29, 1.82) is 0 Å². The number of aliphatic hydroxyl groups excluding tert-OH is 1. The second-order valence-corrected chi connectivity index (χ2v) is 7.05. The molecule has 0 aromatic carbocycles. The Hall–Kier alpha value is -1.50. The molecule has 22 heavy (non-hydrogen) atoms. The van der Waals surface area contributed by atoms with Crippen molar-refractivity contribution in [3.05, 3.63) is 39.9 Å². The van der Waals surface area contributed by atoms with Gasteiger partial charge in [-0.3, -0.25) is 9.69 Å². The minimum Gasteiger partial charge on any atom is -0.481 e. The van der Waals surface area contributed by atoms with E-state index >= 15 is 0 Å². The summed E-state index contributed by atoms with van der Waals surface area (Å²) in [5, 5.41) is 20.6. The molecule has 0 fully saturated rings. The fourth-order valence-electron chi connectivity index (χ4n) is 3.29. The van der Waals surface area contributed by atoms with E-state index in [1.807, 2.05) is 31.1 Å². The van der Waals surface area contributed by atoms with E-state index in [9.17, 15) is 15.0 Å². The number of hydrogen-bond donors (Lipinski definition) is 2. The smallest absolute Gasteiger partial charge is 0.313 e. The molecule has 1 aromatic rings. The Morgan fingerprint density at radius 1 is 1.45 bits per heavy atom. The molecule has 2 aliphatic rings. The maximum atomic E-state index is 11.8. The zero-order chi connectivity index (χ0) is 15.9. The minimum absolute atomic E-state index is 0.472. The van der Waals surface area contributed by atoms with Gasteiger partial charge in [0.2, 0.25) is 0 Å². The van der Waals surface area contributed by atoms with E-state index in [0.29, 0.717) is 0 Å². The van der Waals surface area contributed by atoms with Gasteiger partial charge in [0.1, 0.15) is 16.5 Å². The highest BCUT2D eigenvalue weighted by atomic mass is 32.1. The molecule has 3 unspecified atom stereocenters.